The molecule has 0 aliphatic carbocycles. The molecule has 1 saturated heterocycles. The fourth-order valence-electron chi connectivity index (χ4n) is 2.31. The number of hydrogen-bond acceptors (Lipinski definition) is 4. The minimum atomic E-state index is -0.955. The molecular formula is C14H21N5O3. The second-order valence-corrected chi connectivity index (χ2v) is 5.69. The number of carbonyl (C=O) groups excluding carboxylic acids is 3. The van der Waals surface area contributed by atoms with E-state index in [9.17, 15) is 14.4 Å². The molecule has 0 atom stereocenters. The van der Waals surface area contributed by atoms with Gasteiger partial charge >= 0.3 is 6.03 Å². The smallest absolute Gasteiger partial charge is 0.325 e. The van der Waals surface area contributed by atoms with Crippen LogP contribution in [0.25, 0.3) is 0 Å². The molecule has 1 aliphatic rings. The third kappa shape index (κ3) is 3.26. The van der Waals surface area contributed by atoms with Crippen molar-refractivity contribution in [3.63, 3.8) is 0 Å². The van der Waals surface area contributed by atoms with E-state index in [1.807, 2.05) is 19.2 Å². The van der Waals surface area contributed by atoms with Crippen LogP contribution in [-0.4, -0.2) is 62.6 Å². The molecule has 120 valence electrons. The largest absolute Gasteiger partial charge is 0.340 e. The molecule has 8 nitrogen and oxygen atoms in total. The number of amides is 4. The highest BCUT2D eigenvalue weighted by molar-refractivity contribution is 6.08. The Kier molecular flexibility index (Phi) is 4.48. The number of nitrogens with one attached hydrogen (secondary N) is 1. The van der Waals surface area contributed by atoms with Crippen LogP contribution in [0.4, 0.5) is 4.79 Å². The Labute approximate surface area is 129 Å². The van der Waals surface area contributed by atoms with Gasteiger partial charge in [0.05, 0.1) is 6.54 Å². The maximum absolute atomic E-state index is 12.3. The number of likely N-dealkylation sites (N-methyl/N-ethyl adjacent to an activating group) is 1. The van der Waals surface area contributed by atoms with E-state index in [1.165, 1.54) is 0 Å². The minimum Gasteiger partial charge on any atom is -0.340 e. The molecule has 1 aromatic heterocycles. The minimum absolute atomic E-state index is 0.235. The van der Waals surface area contributed by atoms with Crippen LogP contribution in [0.3, 0.4) is 0 Å². The first-order chi connectivity index (χ1) is 10.3. The van der Waals surface area contributed by atoms with Gasteiger partial charge in [0, 0.05) is 25.5 Å². The fourth-order valence-corrected chi connectivity index (χ4v) is 2.31. The number of hydrogen-bond donors (Lipinski definition) is 1. The number of nitrogens with zero attached hydrogens (tertiary/aromatic N) is 4. The number of rotatable bonds is 6. The summed E-state index contributed by atoms with van der Waals surface area (Å²) in [5, 5.41) is 6.64. The van der Waals surface area contributed by atoms with Gasteiger partial charge < -0.3 is 10.2 Å². The van der Waals surface area contributed by atoms with Crippen LogP contribution in [0.5, 0.6) is 0 Å². The summed E-state index contributed by atoms with van der Waals surface area (Å²) in [5.74, 6) is -0.634. The number of aromatic nitrogens is 2. The predicted octanol–water partition coefficient (Wildman–Crippen LogP) is 0.0620. The monoisotopic (exact) mass is 307 g/mol. The molecule has 1 fully saturated rings. The van der Waals surface area contributed by atoms with E-state index in [-0.39, 0.29) is 18.4 Å². The van der Waals surface area contributed by atoms with Crippen LogP contribution in [0, 0.1) is 0 Å². The summed E-state index contributed by atoms with van der Waals surface area (Å²) in [7, 11) is 0. The second-order valence-electron chi connectivity index (χ2n) is 5.69. The van der Waals surface area contributed by atoms with Crippen molar-refractivity contribution in [2.45, 2.75) is 32.9 Å². The van der Waals surface area contributed by atoms with E-state index in [2.05, 4.69) is 10.4 Å². The lowest BCUT2D eigenvalue weighted by atomic mass is 10.1. The summed E-state index contributed by atoms with van der Waals surface area (Å²) in [6.45, 7) is 6.41. The summed E-state index contributed by atoms with van der Waals surface area (Å²) in [4.78, 5) is 38.8. The molecule has 2 heterocycles. The van der Waals surface area contributed by atoms with Gasteiger partial charge in [0.2, 0.25) is 5.91 Å². The molecule has 1 N–H and O–H groups in total. The standard InChI is InChI=1S/C14H21N5O3/c1-4-17(8-9-18-7-5-6-15-18)11(20)10-19-12(21)14(2,3)16-13(19)22/h5-7H,4,8-10H2,1-3H3,(H,16,22). The highest BCUT2D eigenvalue weighted by Gasteiger charge is 2.45. The van der Waals surface area contributed by atoms with Gasteiger partial charge in [-0.25, -0.2) is 4.79 Å². The van der Waals surface area contributed by atoms with Crippen LogP contribution >= 0.6 is 0 Å². The zero-order valence-corrected chi connectivity index (χ0v) is 13.1. The van der Waals surface area contributed by atoms with Crippen molar-refractivity contribution >= 4 is 17.8 Å². The number of carbonyl (C=O) groups is 3. The van der Waals surface area contributed by atoms with Gasteiger partial charge in [-0.15, -0.1) is 0 Å². The van der Waals surface area contributed by atoms with Gasteiger partial charge in [-0.1, -0.05) is 0 Å². The lowest BCUT2D eigenvalue weighted by Gasteiger charge is -2.23. The van der Waals surface area contributed by atoms with Crippen LogP contribution in [0.15, 0.2) is 18.5 Å². The van der Waals surface area contributed by atoms with Gasteiger partial charge in [-0.2, -0.15) is 5.10 Å². The van der Waals surface area contributed by atoms with Crippen molar-refractivity contribution in [3.8, 4) is 0 Å². The summed E-state index contributed by atoms with van der Waals surface area (Å²) in [6, 6.07) is 1.29. The van der Waals surface area contributed by atoms with Crippen LogP contribution in [0.2, 0.25) is 0 Å². The van der Waals surface area contributed by atoms with Crippen molar-refractivity contribution in [2.24, 2.45) is 0 Å². The van der Waals surface area contributed by atoms with E-state index in [1.54, 1.807) is 29.6 Å². The molecule has 1 aromatic rings. The van der Waals surface area contributed by atoms with Crippen LogP contribution in [0.1, 0.15) is 20.8 Å². The zero-order valence-electron chi connectivity index (χ0n) is 13.1. The highest BCUT2D eigenvalue weighted by Crippen LogP contribution is 2.16. The van der Waals surface area contributed by atoms with Gasteiger partial charge in [0.25, 0.3) is 5.91 Å². The lowest BCUT2D eigenvalue weighted by Crippen LogP contribution is -2.45. The molecule has 0 bridgehead atoms. The molecule has 0 aromatic carbocycles. The molecule has 2 rings (SSSR count). The first-order valence-electron chi connectivity index (χ1n) is 7.24. The maximum Gasteiger partial charge on any atom is 0.325 e. The second kappa shape index (κ2) is 6.17. The van der Waals surface area contributed by atoms with Crippen LogP contribution < -0.4 is 5.32 Å². The van der Waals surface area contributed by atoms with Gasteiger partial charge in [-0.05, 0) is 26.8 Å². The maximum atomic E-state index is 12.3. The molecule has 4 amide bonds. The SMILES string of the molecule is CCN(CCn1cccn1)C(=O)CN1C(=O)NC(C)(C)C1=O. The van der Waals surface area contributed by atoms with E-state index in [4.69, 9.17) is 0 Å². The third-order valence-corrected chi connectivity index (χ3v) is 3.63. The van der Waals surface area contributed by atoms with Crippen molar-refractivity contribution in [1.29, 1.82) is 0 Å². The Balaban J connectivity index is 1.94. The molecule has 22 heavy (non-hydrogen) atoms. The Morgan fingerprint density at radius 1 is 1.41 bits per heavy atom. The van der Waals surface area contributed by atoms with Crippen molar-refractivity contribution < 1.29 is 14.4 Å². The van der Waals surface area contributed by atoms with E-state index < -0.39 is 11.6 Å². The van der Waals surface area contributed by atoms with Crippen LogP contribution in [-0.2, 0) is 16.1 Å². The summed E-state index contributed by atoms with van der Waals surface area (Å²) < 4.78 is 1.73. The molecular weight excluding hydrogens is 286 g/mol. The Morgan fingerprint density at radius 3 is 2.64 bits per heavy atom. The molecule has 0 saturated carbocycles. The normalized spacial score (nSPS) is 16.8. The van der Waals surface area contributed by atoms with E-state index in [0.29, 0.717) is 19.6 Å². The van der Waals surface area contributed by atoms with E-state index in [0.717, 1.165) is 4.90 Å². The molecule has 1 aliphatic heterocycles. The van der Waals surface area contributed by atoms with Crippen molar-refractivity contribution in [2.75, 3.05) is 19.6 Å². The molecule has 8 heteroatoms. The first-order valence-corrected chi connectivity index (χ1v) is 7.24. The first kappa shape index (κ1) is 16.0. The van der Waals surface area contributed by atoms with Crippen molar-refractivity contribution in [1.82, 2.24) is 24.9 Å². The summed E-state index contributed by atoms with van der Waals surface area (Å²) >= 11 is 0. The lowest BCUT2D eigenvalue weighted by molar-refractivity contribution is -0.138. The average Bonchev–Trinajstić information content (AvgIpc) is 3.02. The number of imide groups is 1. The molecule has 0 unspecified atom stereocenters. The van der Waals surface area contributed by atoms with Gasteiger partial charge in [-0.3, -0.25) is 19.2 Å². The average molecular weight is 307 g/mol. The quantitative estimate of drug-likeness (QED) is 0.753. The molecule has 0 spiro atoms. The predicted molar refractivity (Wildman–Crippen MR) is 78.8 cm³/mol. The third-order valence-electron chi connectivity index (χ3n) is 3.63. The summed E-state index contributed by atoms with van der Waals surface area (Å²) in [5.41, 5.74) is -0.955. The summed E-state index contributed by atoms with van der Waals surface area (Å²) in [6.07, 6.45) is 3.49. The fraction of sp³-hybridized carbons (Fsp3) is 0.571. The zero-order chi connectivity index (χ0) is 16.3. The van der Waals surface area contributed by atoms with Gasteiger partial charge in [0.15, 0.2) is 0 Å². The Hall–Kier alpha value is -2.38. The highest BCUT2D eigenvalue weighted by atomic mass is 16.2. The van der Waals surface area contributed by atoms with Crippen molar-refractivity contribution in [3.05, 3.63) is 18.5 Å². The Morgan fingerprint density at radius 2 is 2.14 bits per heavy atom. The Bertz CT molecular complexity index is 567. The molecule has 0 radical (unpaired) electrons. The van der Waals surface area contributed by atoms with Gasteiger partial charge in [0.1, 0.15) is 12.1 Å². The topological polar surface area (TPSA) is 87.5 Å². The van der Waals surface area contributed by atoms with E-state index >= 15 is 0 Å². The number of urea groups is 1.